The predicted molar refractivity (Wildman–Crippen MR) is 249 cm³/mol. The van der Waals surface area contributed by atoms with Crippen molar-refractivity contribution in [2.45, 2.75) is 105 Å². The topological polar surface area (TPSA) is 43.4 Å². The van der Waals surface area contributed by atoms with Crippen molar-refractivity contribution >= 4 is 76.6 Å². The molecule has 9 aromatic rings. The van der Waals surface area contributed by atoms with E-state index in [0.717, 1.165) is 26.9 Å². The first kappa shape index (κ1) is 37.5. The van der Waals surface area contributed by atoms with Gasteiger partial charge in [0, 0.05) is 5.39 Å². The van der Waals surface area contributed by atoms with Gasteiger partial charge in [-0.25, -0.2) is 9.59 Å². The summed E-state index contributed by atoms with van der Waals surface area (Å²) in [4.78, 5) is 26.9. The molecule has 0 N–H and O–H groups in total. The van der Waals surface area contributed by atoms with E-state index in [1.165, 1.54) is 76.8 Å². The fraction of sp³-hybridized carbons (Fsp3) is 0.286. The predicted octanol–water partition coefficient (Wildman–Crippen LogP) is 15.3. The minimum atomic E-state index is -0.592. The number of cyclic esters (lactones) is 2. The van der Waals surface area contributed by atoms with E-state index in [1.807, 2.05) is 12.1 Å². The molecular weight excluding hydrogens is 721 g/mol. The van der Waals surface area contributed by atoms with Gasteiger partial charge in [0.05, 0.1) is 11.1 Å². The molecule has 0 fully saturated rings. The maximum Gasteiger partial charge on any atom is 0.346 e. The Kier molecular flexibility index (Phi) is 7.56. The Balaban J connectivity index is 1.56. The second-order valence-electron chi connectivity index (χ2n) is 21.3. The zero-order valence-electron chi connectivity index (χ0n) is 36.5. The van der Waals surface area contributed by atoms with Crippen molar-refractivity contribution < 1.29 is 14.3 Å². The third-order valence-corrected chi connectivity index (χ3v) is 13.2. The van der Waals surface area contributed by atoms with E-state index in [2.05, 4.69) is 168 Å². The van der Waals surface area contributed by atoms with Gasteiger partial charge in [-0.3, -0.25) is 0 Å². The Morgan fingerprint density at radius 3 is 1.03 bits per heavy atom. The van der Waals surface area contributed by atoms with Crippen LogP contribution in [-0.2, 0) is 26.4 Å². The third kappa shape index (κ3) is 5.39. The van der Waals surface area contributed by atoms with Crippen LogP contribution < -0.4 is 0 Å². The van der Waals surface area contributed by atoms with Crippen LogP contribution in [0, 0.1) is 0 Å². The summed E-state index contributed by atoms with van der Waals surface area (Å²) in [7, 11) is 0. The van der Waals surface area contributed by atoms with Gasteiger partial charge in [-0.15, -0.1) is 0 Å². The lowest BCUT2D eigenvalue weighted by atomic mass is 9.76. The summed E-state index contributed by atoms with van der Waals surface area (Å²) < 4.78 is 5.30. The van der Waals surface area contributed by atoms with Gasteiger partial charge in [-0.05, 0) is 138 Å². The second-order valence-corrected chi connectivity index (χ2v) is 21.3. The largest absolute Gasteiger partial charge is 0.386 e. The summed E-state index contributed by atoms with van der Waals surface area (Å²) in [5, 5.41) is 13.5. The molecule has 0 unspecified atom stereocenters. The van der Waals surface area contributed by atoms with Crippen molar-refractivity contribution in [3.8, 4) is 22.3 Å². The lowest BCUT2D eigenvalue weighted by Gasteiger charge is -2.28. The third-order valence-electron chi connectivity index (χ3n) is 13.2. The Morgan fingerprint density at radius 1 is 0.356 bits per heavy atom. The molecule has 0 aliphatic carbocycles. The van der Waals surface area contributed by atoms with Gasteiger partial charge in [0.25, 0.3) is 0 Å². The van der Waals surface area contributed by atoms with E-state index in [4.69, 9.17) is 4.74 Å². The molecule has 0 aromatic heterocycles. The molecule has 1 aliphatic rings. The highest BCUT2D eigenvalue weighted by molar-refractivity contribution is 6.47. The molecule has 0 amide bonds. The van der Waals surface area contributed by atoms with Crippen molar-refractivity contribution in [2.75, 3.05) is 0 Å². The fourth-order valence-electron chi connectivity index (χ4n) is 9.88. The number of rotatable bonds is 2. The van der Waals surface area contributed by atoms with Crippen molar-refractivity contribution in [1.29, 1.82) is 0 Å². The van der Waals surface area contributed by atoms with Gasteiger partial charge in [0.15, 0.2) is 0 Å². The van der Waals surface area contributed by atoms with Gasteiger partial charge in [-0.1, -0.05) is 168 Å². The summed E-state index contributed by atoms with van der Waals surface area (Å²) in [5.41, 5.74) is 10.3. The number of carbonyl (C=O) groups is 2. The number of fused-ring (bicyclic) bond motifs is 6. The van der Waals surface area contributed by atoms with Gasteiger partial charge < -0.3 is 4.74 Å². The van der Waals surface area contributed by atoms with Crippen LogP contribution in [-0.4, -0.2) is 11.9 Å². The average molecular weight is 773 g/mol. The minimum Gasteiger partial charge on any atom is -0.386 e. The molecule has 10 rings (SSSR count). The summed E-state index contributed by atoms with van der Waals surface area (Å²) in [5.74, 6) is -1.18. The quantitative estimate of drug-likeness (QED) is 0.130. The van der Waals surface area contributed by atoms with Crippen molar-refractivity contribution in [3.05, 3.63) is 130 Å². The normalized spacial score (nSPS) is 14.3. The first-order valence-electron chi connectivity index (χ1n) is 21.1. The number of hydrogen-bond donors (Lipinski definition) is 0. The van der Waals surface area contributed by atoms with Crippen LogP contribution in [0.4, 0.5) is 0 Å². The zero-order valence-corrected chi connectivity index (χ0v) is 36.5. The summed E-state index contributed by atoms with van der Waals surface area (Å²) >= 11 is 0. The van der Waals surface area contributed by atoms with Crippen LogP contribution in [0.3, 0.4) is 0 Å². The molecule has 0 bridgehead atoms. The van der Waals surface area contributed by atoms with Gasteiger partial charge in [0.2, 0.25) is 0 Å². The molecule has 1 heterocycles. The summed E-state index contributed by atoms with van der Waals surface area (Å²) in [6, 6.07) is 36.0. The van der Waals surface area contributed by atoms with Crippen LogP contribution in [0.25, 0.3) is 86.9 Å². The van der Waals surface area contributed by atoms with Gasteiger partial charge in [-0.2, -0.15) is 0 Å². The molecule has 1 aliphatic heterocycles. The minimum absolute atomic E-state index is 0.105. The van der Waals surface area contributed by atoms with Crippen LogP contribution in [0.15, 0.2) is 97.1 Å². The maximum atomic E-state index is 13.5. The molecule has 59 heavy (non-hydrogen) atoms. The van der Waals surface area contributed by atoms with Crippen molar-refractivity contribution in [3.63, 3.8) is 0 Å². The SMILES string of the molecule is CC(C)(C)c1cc(-c2c3c4cccc5cccc(c3c(-c3cc(C(C)(C)C)cc(C(C)(C)C)c3)c3c6ccc7c8c(ccc(c23)c86)C(=O)OC7=O)c54)cc(C(C)(C)C)c1. The summed E-state index contributed by atoms with van der Waals surface area (Å²) in [6.45, 7) is 27.6. The molecule has 9 aromatic carbocycles. The highest BCUT2D eigenvalue weighted by Gasteiger charge is 2.34. The van der Waals surface area contributed by atoms with Crippen molar-refractivity contribution in [2.24, 2.45) is 0 Å². The van der Waals surface area contributed by atoms with Gasteiger partial charge >= 0.3 is 11.9 Å². The fourth-order valence-corrected chi connectivity index (χ4v) is 9.88. The van der Waals surface area contributed by atoms with E-state index >= 15 is 0 Å². The molecular formula is C56H52O3. The molecule has 294 valence electrons. The standard InChI is InChI=1S/C56H52O3/c1-53(2,3)32-23-30(24-33(27-32)54(4,5)6)43-47-36-17-13-15-29-16-14-18-37(42(29)36)48(47)44(31-25-34(55(7,8)9)28-35(26-31)56(10,11)12)50-39-20-22-41-46-40(51(57)59-52(41)58)21-19-38(45(39)46)49(43)50/h13-28H,1-12H3. The zero-order chi connectivity index (χ0) is 41.9. The Bertz CT molecular complexity index is 3020. The first-order valence-corrected chi connectivity index (χ1v) is 21.1. The highest BCUT2D eigenvalue weighted by Crippen LogP contribution is 2.57. The Labute approximate surface area is 347 Å². The highest BCUT2D eigenvalue weighted by atomic mass is 16.6. The molecule has 0 atom stereocenters. The monoisotopic (exact) mass is 772 g/mol. The molecule has 0 radical (unpaired) electrons. The van der Waals surface area contributed by atoms with Crippen LogP contribution >= 0.6 is 0 Å². The Hall–Kier alpha value is -5.80. The number of ether oxygens (including phenoxy) is 1. The number of benzene rings is 7. The van der Waals surface area contributed by atoms with E-state index in [9.17, 15) is 9.59 Å². The van der Waals surface area contributed by atoms with Crippen LogP contribution in [0.1, 0.15) is 126 Å². The van der Waals surface area contributed by atoms with Crippen molar-refractivity contribution in [1.82, 2.24) is 0 Å². The van der Waals surface area contributed by atoms with Crippen LogP contribution in [0.5, 0.6) is 0 Å². The van der Waals surface area contributed by atoms with E-state index in [0.29, 0.717) is 16.5 Å². The smallest absolute Gasteiger partial charge is 0.346 e. The number of esters is 2. The van der Waals surface area contributed by atoms with Crippen LogP contribution in [0.2, 0.25) is 0 Å². The molecule has 3 nitrogen and oxygen atoms in total. The van der Waals surface area contributed by atoms with E-state index in [1.54, 1.807) is 0 Å². The maximum absolute atomic E-state index is 13.5. The number of hydrogen-bond acceptors (Lipinski definition) is 3. The summed E-state index contributed by atoms with van der Waals surface area (Å²) in [6.07, 6.45) is 0. The molecule has 0 saturated heterocycles. The first-order chi connectivity index (χ1) is 27.6. The average Bonchev–Trinajstić information content (AvgIpc) is 3.67. The van der Waals surface area contributed by atoms with E-state index in [-0.39, 0.29) is 21.7 Å². The second kappa shape index (κ2) is 11.9. The number of carbonyl (C=O) groups excluding carboxylic acids is 2. The molecule has 0 spiro atoms. The Morgan fingerprint density at radius 2 is 0.695 bits per heavy atom. The molecule has 3 heteroatoms. The lowest BCUT2D eigenvalue weighted by Crippen LogP contribution is -2.19. The lowest BCUT2D eigenvalue weighted by molar-refractivity contribution is 0.0391. The van der Waals surface area contributed by atoms with Gasteiger partial charge in [0.1, 0.15) is 0 Å². The molecule has 0 saturated carbocycles. The van der Waals surface area contributed by atoms with E-state index < -0.39 is 11.9 Å².